The van der Waals surface area contributed by atoms with Crippen LogP contribution in [0.5, 0.6) is 0 Å². The first kappa shape index (κ1) is 20.4. The van der Waals surface area contributed by atoms with E-state index >= 15 is 0 Å². The van der Waals surface area contributed by atoms with Gasteiger partial charge in [-0.3, -0.25) is 4.79 Å². The maximum atomic E-state index is 12.8. The maximum Gasteiger partial charge on any atom is 0.315 e. The number of benzene rings is 1. The van der Waals surface area contributed by atoms with Gasteiger partial charge in [-0.1, -0.05) is 29.7 Å². The van der Waals surface area contributed by atoms with Crippen LogP contribution < -0.4 is 9.80 Å². The number of quaternary nitrogens is 1. The van der Waals surface area contributed by atoms with Crippen LogP contribution in [0.3, 0.4) is 0 Å². The number of halogens is 1. The highest BCUT2D eigenvalue weighted by molar-refractivity contribution is 6.30. The SMILES string of the molecule is CC1=C2C[C@H]3[C@@H](C[C@@]2(C)CCC1)OC(=O)[C@@H]3C[NH+]1CCN(c2ccc(Cl)cc2)CC1. The van der Waals surface area contributed by atoms with Crippen molar-refractivity contribution in [2.24, 2.45) is 17.3 Å². The number of hydrogen-bond acceptors (Lipinski definition) is 3. The van der Waals surface area contributed by atoms with Gasteiger partial charge in [0.25, 0.3) is 0 Å². The van der Waals surface area contributed by atoms with Gasteiger partial charge >= 0.3 is 5.97 Å². The zero-order valence-electron chi connectivity index (χ0n) is 18.3. The number of piperazine rings is 1. The Kier molecular flexibility index (Phi) is 5.35. The molecule has 0 aromatic heterocycles. The summed E-state index contributed by atoms with van der Waals surface area (Å²) in [6.07, 6.45) is 6.02. The largest absolute Gasteiger partial charge is 0.462 e. The smallest absolute Gasteiger partial charge is 0.315 e. The van der Waals surface area contributed by atoms with Crippen molar-refractivity contribution in [2.75, 3.05) is 37.6 Å². The van der Waals surface area contributed by atoms with E-state index in [1.807, 2.05) is 12.1 Å². The first-order chi connectivity index (χ1) is 14.4. The Labute approximate surface area is 185 Å². The maximum absolute atomic E-state index is 12.8. The van der Waals surface area contributed by atoms with Crippen molar-refractivity contribution < 1.29 is 14.4 Å². The van der Waals surface area contributed by atoms with Crippen LogP contribution in [-0.2, 0) is 9.53 Å². The van der Waals surface area contributed by atoms with Gasteiger partial charge in [0.1, 0.15) is 12.0 Å². The number of rotatable bonds is 3. The molecule has 0 spiro atoms. The van der Waals surface area contributed by atoms with E-state index in [0.717, 1.165) is 50.6 Å². The lowest BCUT2D eigenvalue weighted by atomic mass is 9.59. The Morgan fingerprint density at radius 1 is 1.23 bits per heavy atom. The van der Waals surface area contributed by atoms with E-state index in [4.69, 9.17) is 16.3 Å². The highest BCUT2D eigenvalue weighted by Crippen LogP contribution is 2.54. The van der Waals surface area contributed by atoms with E-state index in [1.54, 1.807) is 16.0 Å². The van der Waals surface area contributed by atoms with E-state index in [2.05, 4.69) is 30.9 Å². The fourth-order valence-corrected chi connectivity index (χ4v) is 6.72. The van der Waals surface area contributed by atoms with Gasteiger partial charge in [-0.2, -0.15) is 0 Å². The van der Waals surface area contributed by atoms with Gasteiger partial charge in [-0.15, -0.1) is 0 Å². The summed E-state index contributed by atoms with van der Waals surface area (Å²) in [4.78, 5) is 16.8. The first-order valence-electron chi connectivity index (χ1n) is 11.7. The Hall–Kier alpha value is -1.52. The lowest BCUT2D eigenvalue weighted by Gasteiger charge is -2.45. The van der Waals surface area contributed by atoms with Gasteiger partial charge in [0.2, 0.25) is 0 Å². The summed E-state index contributed by atoms with van der Waals surface area (Å²) in [5.41, 5.74) is 4.74. The third kappa shape index (κ3) is 3.67. The quantitative estimate of drug-likeness (QED) is 0.589. The molecule has 5 rings (SSSR count). The predicted molar refractivity (Wildman–Crippen MR) is 120 cm³/mol. The van der Waals surface area contributed by atoms with Crippen LogP contribution in [-0.4, -0.2) is 44.8 Å². The summed E-state index contributed by atoms with van der Waals surface area (Å²) in [5.74, 6) is 0.521. The highest BCUT2D eigenvalue weighted by atomic mass is 35.5. The Morgan fingerprint density at radius 3 is 2.70 bits per heavy atom. The van der Waals surface area contributed by atoms with Crippen LogP contribution in [0.25, 0.3) is 0 Å². The molecule has 2 saturated heterocycles. The van der Waals surface area contributed by atoms with Crippen LogP contribution in [0, 0.1) is 17.3 Å². The number of ether oxygens (including phenoxy) is 1. The van der Waals surface area contributed by atoms with E-state index < -0.39 is 0 Å². The molecule has 1 aromatic carbocycles. The third-order valence-corrected chi connectivity index (χ3v) is 8.60. The van der Waals surface area contributed by atoms with Crippen molar-refractivity contribution in [3.63, 3.8) is 0 Å². The zero-order valence-corrected chi connectivity index (χ0v) is 19.0. The average Bonchev–Trinajstić information content (AvgIpc) is 3.01. The standard InChI is InChI=1S/C25H33ClN2O2/c1-17-4-3-9-25(2)15-23-20(14-22(17)25)21(24(29)30-23)16-27-10-12-28(13-11-27)19-7-5-18(26)6-8-19/h5-8,20-21,23H,3-4,9-16H2,1-2H3/p+1/t20-,21-,23-,25-/m1/s1. The summed E-state index contributed by atoms with van der Waals surface area (Å²) in [6.45, 7) is 9.85. The summed E-state index contributed by atoms with van der Waals surface area (Å²) >= 11 is 6.03. The van der Waals surface area contributed by atoms with Gasteiger partial charge < -0.3 is 14.5 Å². The van der Waals surface area contributed by atoms with Gasteiger partial charge in [0.05, 0.1) is 32.7 Å². The molecule has 1 saturated carbocycles. The van der Waals surface area contributed by atoms with Crippen LogP contribution in [0.15, 0.2) is 35.4 Å². The fourth-order valence-electron chi connectivity index (χ4n) is 6.59. The first-order valence-corrected chi connectivity index (χ1v) is 12.0. The molecule has 1 aromatic rings. The average molecular weight is 430 g/mol. The van der Waals surface area contributed by atoms with E-state index in [-0.39, 0.29) is 23.4 Å². The van der Waals surface area contributed by atoms with Crippen LogP contribution in [0.2, 0.25) is 5.02 Å². The van der Waals surface area contributed by atoms with E-state index in [0.29, 0.717) is 5.92 Å². The minimum atomic E-state index is 0.0677. The lowest BCUT2D eigenvalue weighted by molar-refractivity contribution is -0.903. The molecule has 30 heavy (non-hydrogen) atoms. The molecule has 4 aliphatic rings. The summed E-state index contributed by atoms with van der Waals surface area (Å²) in [6, 6.07) is 8.13. The topological polar surface area (TPSA) is 34.0 Å². The van der Waals surface area contributed by atoms with Gasteiger partial charge in [-0.25, -0.2) is 0 Å². The van der Waals surface area contributed by atoms with E-state index in [9.17, 15) is 4.79 Å². The third-order valence-electron chi connectivity index (χ3n) is 8.35. The molecule has 162 valence electrons. The number of carbonyl (C=O) groups is 1. The number of carbonyl (C=O) groups excluding carboxylic acids is 1. The Morgan fingerprint density at radius 2 is 1.97 bits per heavy atom. The number of nitrogens with zero attached hydrogens (tertiary/aromatic N) is 1. The molecule has 0 amide bonds. The second-order valence-electron chi connectivity index (χ2n) is 10.2. The molecule has 0 bridgehead atoms. The van der Waals surface area contributed by atoms with Crippen molar-refractivity contribution in [1.82, 2.24) is 0 Å². The minimum Gasteiger partial charge on any atom is -0.462 e. The fraction of sp³-hybridized carbons (Fsp3) is 0.640. The van der Waals surface area contributed by atoms with Gasteiger partial charge in [0.15, 0.2) is 0 Å². The molecule has 1 N–H and O–H groups in total. The molecule has 2 heterocycles. The highest BCUT2D eigenvalue weighted by Gasteiger charge is 2.54. The summed E-state index contributed by atoms with van der Waals surface area (Å²) in [5, 5.41) is 0.782. The summed E-state index contributed by atoms with van der Waals surface area (Å²) in [7, 11) is 0. The molecule has 3 fully saturated rings. The minimum absolute atomic E-state index is 0.0677. The Balaban J connectivity index is 1.24. The zero-order chi connectivity index (χ0) is 20.9. The molecule has 4 atom stereocenters. The number of fused-ring (bicyclic) bond motifs is 2. The number of nitrogens with one attached hydrogen (secondary N) is 1. The second kappa shape index (κ2) is 7.87. The van der Waals surface area contributed by atoms with Gasteiger partial charge in [0, 0.05) is 16.6 Å². The van der Waals surface area contributed by atoms with Crippen molar-refractivity contribution in [1.29, 1.82) is 0 Å². The lowest BCUT2D eigenvalue weighted by Crippen LogP contribution is -3.15. The second-order valence-corrected chi connectivity index (χ2v) is 10.7. The molecule has 0 radical (unpaired) electrons. The van der Waals surface area contributed by atoms with Gasteiger partial charge in [-0.05, 0) is 68.7 Å². The monoisotopic (exact) mass is 429 g/mol. The molecule has 0 unspecified atom stereocenters. The van der Waals surface area contributed by atoms with Crippen molar-refractivity contribution in [2.45, 2.75) is 52.1 Å². The normalized spacial score (nSPS) is 34.6. The van der Waals surface area contributed by atoms with Crippen LogP contribution in [0.1, 0.15) is 46.0 Å². The number of allylic oxidation sites excluding steroid dienone is 2. The Bertz CT molecular complexity index is 843. The van der Waals surface area contributed by atoms with Crippen LogP contribution >= 0.6 is 11.6 Å². The number of hydrogen-bond donors (Lipinski definition) is 1. The molecular formula is C25H34ClN2O2+. The molecule has 5 heteroatoms. The number of anilines is 1. The molecule has 2 aliphatic heterocycles. The number of esters is 1. The van der Waals surface area contributed by atoms with E-state index in [1.165, 1.54) is 24.9 Å². The van der Waals surface area contributed by atoms with Crippen molar-refractivity contribution in [3.8, 4) is 0 Å². The van der Waals surface area contributed by atoms with Crippen LogP contribution in [0.4, 0.5) is 5.69 Å². The molecular weight excluding hydrogens is 396 g/mol. The summed E-state index contributed by atoms with van der Waals surface area (Å²) < 4.78 is 5.97. The van der Waals surface area contributed by atoms with Crippen molar-refractivity contribution in [3.05, 3.63) is 40.4 Å². The molecule has 2 aliphatic carbocycles. The predicted octanol–water partition coefficient (Wildman–Crippen LogP) is 3.50. The van der Waals surface area contributed by atoms with Crippen molar-refractivity contribution >= 4 is 23.3 Å². The molecule has 4 nitrogen and oxygen atoms in total.